The molecule has 1 aliphatic heterocycles. The van der Waals surface area contributed by atoms with Gasteiger partial charge in [0.25, 0.3) is 5.91 Å². The Labute approximate surface area is 161 Å². The lowest BCUT2D eigenvalue weighted by molar-refractivity contribution is -0.137. The van der Waals surface area contributed by atoms with Gasteiger partial charge in [-0.25, -0.2) is 0 Å². The molecule has 3 rings (SSSR count). The van der Waals surface area contributed by atoms with Crippen LogP contribution in [0.15, 0.2) is 42.5 Å². The minimum atomic E-state index is -4.43. The van der Waals surface area contributed by atoms with Crippen LogP contribution in [0, 0.1) is 5.92 Å². The molecule has 2 aromatic rings. The van der Waals surface area contributed by atoms with Crippen LogP contribution in [0.5, 0.6) is 11.5 Å². The summed E-state index contributed by atoms with van der Waals surface area (Å²) in [6.07, 6.45) is -3.64. The zero-order chi connectivity index (χ0) is 20.3. The molecule has 0 aliphatic carbocycles. The number of carbonyl (C=O) groups is 1. The number of ether oxygens (including phenoxy) is 2. The van der Waals surface area contributed by atoms with Crippen LogP contribution in [-0.4, -0.2) is 19.1 Å². The molecule has 1 heterocycles. The number of hydrogen-bond acceptors (Lipinski definition) is 3. The number of amides is 1. The van der Waals surface area contributed by atoms with E-state index in [0.717, 1.165) is 24.1 Å². The molecule has 1 aliphatic rings. The van der Waals surface area contributed by atoms with Crippen molar-refractivity contribution in [1.82, 2.24) is 5.32 Å². The van der Waals surface area contributed by atoms with Gasteiger partial charge >= 0.3 is 6.18 Å². The van der Waals surface area contributed by atoms with Crippen LogP contribution in [-0.2, 0) is 6.18 Å². The van der Waals surface area contributed by atoms with Gasteiger partial charge < -0.3 is 14.8 Å². The van der Waals surface area contributed by atoms with Gasteiger partial charge in [0.1, 0.15) is 0 Å². The summed E-state index contributed by atoms with van der Waals surface area (Å²) in [5.41, 5.74) is 0.236. The van der Waals surface area contributed by atoms with E-state index in [0.29, 0.717) is 24.7 Å². The molecular weight excluding hydrogens is 371 g/mol. The second kappa shape index (κ2) is 8.12. The van der Waals surface area contributed by atoms with Crippen LogP contribution in [0.1, 0.15) is 47.8 Å². The molecule has 4 nitrogen and oxygen atoms in total. The molecule has 0 bridgehead atoms. The smallest absolute Gasteiger partial charge is 0.416 e. The zero-order valence-corrected chi connectivity index (χ0v) is 15.7. The first-order chi connectivity index (χ1) is 13.3. The lowest BCUT2D eigenvalue weighted by atomic mass is 9.95. The van der Waals surface area contributed by atoms with Crippen LogP contribution in [0.4, 0.5) is 13.2 Å². The Balaban J connectivity index is 1.79. The summed E-state index contributed by atoms with van der Waals surface area (Å²) in [6, 6.07) is 9.39. The van der Waals surface area contributed by atoms with Crippen molar-refractivity contribution in [2.45, 2.75) is 32.5 Å². The van der Waals surface area contributed by atoms with Crippen molar-refractivity contribution in [3.05, 3.63) is 59.2 Å². The predicted molar refractivity (Wildman–Crippen MR) is 98.5 cm³/mol. The van der Waals surface area contributed by atoms with Gasteiger partial charge in [0.2, 0.25) is 0 Å². The first kappa shape index (κ1) is 20.0. The third-order valence-corrected chi connectivity index (χ3v) is 4.56. The quantitative estimate of drug-likeness (QED) is 0.796. The molecule has 0 aromatic heterocycles. The van der Waals surface area contributed by atoms with E-state index < -0.39 is 17.6 Å². The van der Waals surface area contributed by atoms with Crippen molar-refractivity contribution in [3.8, 4) is 11.5 Å². The van der Waals surface area contributed by atoms with Gasteiger partial charge in [0, 0.05) is 12.0 Å². The number of alkyl halides is 3. The minimum Gasteiger partial charge on any atom is -0.490 e. The molecule has 0 saturated heterocycles. The Morgan fingerprint density at radius 1 is 1.00 bits per heavy atom. The van der Waals surface area contributed by atoms with Crippen molar-refractivity contribution < 1.29 is 27.4 Å². The lowest BCUT2D eigenvalue weighted by Crippen LogP contribution is -2.31. The number of carbonyl (C=O) groups excluding carboxylic acids is 1. The molecule has 1 atom stereocenters. The van der Waals surface area contributed by atoms with Gasteiger partial charge in [-0.1, -0.05) is 19.9 Å². The van der Waals surface area contributed by atoms with Crippen molar-refractivity contribution >= 4 is 5.91 Å². The van der Waals surface area contributed by atoms with Crippen LogP contribution in [0.25, 0.3) is 0 Å². The van der Waals surface area contributed by atoms with Gasteiger partial charge in [-0.15, -0.1) is 0 Å². The van der Waals surface area contributed by atoms with E-state index >= 15 is 0 Å². The molecule has 1 N–H and O–H groups in total. The average molecular weight is 393 g/mol. The number of halogens is 3. The van der Waals surface area contributed by atoms with Crippen LogP contribution in [0.3, 0.4) is 0 Å². The molecule has 0 radical (unpaired) electrons. The Morgan fingerprint density at radius 2 is 1.64 bits per heavy atom. The van der Waals surface area contributed by atoms with Gasteiger partial charge in [0.15, 0.2) is 11.5 Å². The standard InChI is InChI=1S/C21H22F3NO3/c1-13(2)19(15-6-9-17-18(12-15)28-11-3-10-27-17)25-20(26)14-4-7-16(8-5-14)21(22,23)24/h4-9,12-13,19H,3,10-11H2,1-2H3,(H,25,26)/t19-/m1/s1. The van der Waals surface area contributed by atoms with Crippen LogP contribution in [0.2, 0.25) is 0 Å². The highest BCUT2D eigenvalue weighted by Gasteiger charge is 2.30. The van der Waals surface area contributed by atoms with E-state index in [1.54, 1.807) is 0 Å². The molecule has 0 saturated carbocycles. The van der Waals surface area contributed by atoms with E-state index in [1.807, 2.05) is 32.0 Å². The Hall–Kier alpha value is -2.70. The van der Waals surface area contributed by atoms with E-state index in [-0.39, 0.29) is 17.5 Å². The van der Waals surface area contributed by atoms with E-state index in [2.05, 4.69) is 5.32 Å². The second-order valence-corrected chi connectivity index (χ2v) is 7.03. The van der Waals surface area contributed by atoms with Crippen molar-refractivity contribution in [3.63, 3.8) is 0 Å². The van der Waals surface area contributed by atoms with Crippen LogP contribution >= 0.6 is 0 Å². The second-order valence-electron chi connectivity index (χ2n) is 7.03. The summed E-state index contributed by atoms with van der Waals surface area (Å²) in [4.78, 5) is 12.6. The van der Waals surface area contributed by atoms with Gasteiger partial charge in [0.05, 0.1) is 24.8 Å². The first-order valence-electron chi connectivity index (χ1n) is 9.13. The maximum atomic E-state index is 12.7. The molecule has 7 heteroatoms. The fraction of sp³-hybridized carbons (Fsp3) is 0.381. The normalized spacial score (nSPS) is 15.1. The zero-order valence-electron chi connectivity index (χ0n) is 15.7. The predicted octanol–water partition coefficient (Wildman–Crippen LogP) is 4.99. The number of benzene rings is 2. The Kier molecular flexibility index (Phi) is 5.82. The highest BCUT2D eigenvalue weighted by molar-refractivity contribution is 5.94. The van der Waals surface area contributed by atoms with Crippen molar-refractivity contribution in [2.75, 3.05) is 13.2 Å². The largest absolute Gasteiger partial charge is 0.490 e. The first-order valence-corrected chi connectivity index (χ1v) is 9.13. The number of rotatable bonds is 4. The SMILES string of the molecule is CC(C)[C@@H](NC(=O)c1ccc(C(F)(F)F)cc1)c1ccc2c(c1)OCCCO2. The topological polar surface area (TPSA) is 47.6 Å². The number of hydrogen-bond donors (Lipinski definition) is 1. The fourth-order valence-electron chi connectivity index (χ4n) is 3.04. The summed E-state index contributed by atoms with van der Waals surface area (Å²) in [7, 11) is 0. The van der Waals surface area contributed by atoms with Crippen LogP contribution < -0.4 is 14.8 Å². The Bertz CT molecular complexity index is 832. The van der Waals surface area contributed by atoms with Gasteiger partial charge in [-0.3, -0.25) is 4.79 Å². The molecule has 2 aromatic carbocycles. The molecule has 150 valence electrons. The van der Waals surface area contributed by atoms with Gasteiger partial charge in [-0.05, 0) is 47.9 Å². The molecule has 0 fully saturated rings. The third-order valence-electron chi connectivity index (χ3n) is 4.56. The Morgan fingerprint density at radius 3 is 2.25 bits per heavy atom. The summed E-state index contributed by atoms with van der Waals surface area (Å²) >= 11 is 0. The maximum absolute atomic E-state index is 12.7. The summed E-state index contributed by atoms with van der Waals surface area (Å²) in [6.45, 7) is 5.06. The minimum absolute atomic E-state index is 0.0585. The lowest BCUT2D eigenvalue weighted by Gasteiger charge is -2.24. The number of nitrogens with one attached hydrogen (secondary N) is 1. The molecule has 0 unspecified atom stereocenters. The van der Waals surface area contributed by atoms with E-state index in [1.165, 1.54) is 12.1 Å². The molecule has 0 spiro atoms. The monoisotopic (exact) mass is 393 g/mol. The summed E-state index contributed by atoms with van der Waals surface area (Å²) < 4.78 is 49.4. The van der Waals surface area contributed by atoms with E-state index in [4.69, 9.17) is 9.47 Å². The molecular formula is C21H22F3NO3. The number of fused-ring (bicyclic) bond motifs is 1. The van der Waals surface area contributed by atoms with Gasteiger partial charge in [-0.2, -0.15) is 13.2 Å². The maximum Gasteiger partial charge on any atom is 0.416 e. The highest BCUT2D eigenvalue weighted by atomic mass is 19.4. The summed E-state index contributed by atoms with van der Waals surface area (Å²) in [5, 5.41) is 2.91. The highest BCUT2D eigenvalue weighted by Crippen LogP contribution is 2.34. The van der Waals surface area contributed by atoms with E-state index in [9.17, 15) is 18.0 Å². The third kappa shape index (κ3) is 4.58. The fourth-order valence-corrected chi connectivity index (χ4v) is 3.04. The van der Waals surface area contributed by atoms with Crippen molar-refractivity contribution in [1.29, 1.82) is 0 Å². The van der Waals surface area contributed by atoms with Crippen molar-refractivity contribution in [2.24, 2.45) is 5.92 Å². The molecule has 28 heavy (non-hydrogen) atoms. The average Bonchev–Trinajstić information content (AvgIpc) is 2.89. The summed E-state index contributed by atoms with van der Waals surface area (Å²) in [5.74, 6) is 0.921. The molecule has 1 amide bonds.